The van der Waals surface area contributed by atoms with E-state index in [-0.39, 0.29) is 11.8 Å². The van der Waals surface area contributed by atoms with E-state index in [0.717, 1.165) is 19.4 Å². The number of hydrogen-bond acceptors (Lipinski definition) is 1. The highest BCUT2D eigenvalue weighted by Crippen LogP contribution is 2.37. The molecule has 1 amide bonds. The van der Waals surface area contributed by atoms with Crippen LogP contribution in [-0.4, -0.2) is 12.5 Å². The third-order valence-corrected chi connectivity index (χ3v) is 4.50. The Hall–Kier alpha value is -0.790. The van der Waals surface area contributed by atoms with Crippen LogP contribution in [0.5, 0.6) is 0 Å². The molecule has 0 aromatic heterocycles. The standard InChI is InChI=1S/C16H29NO/c1-5-7-8-11-16(3,4)14-10-9-13(6-2)15(18)17-12-14/h6,13-14H,2,5,7-12H2,1,3-4H3,(H,17,18). The molecular weight excluding hydrogens is 222 g/mol. The number of carbonyl (C=O) groups is 1. The molecule has 18 heavy (non-hydrogen) atoms. The van der Waals surface area contributed by atoms with Crippen molar-refractivity contribution < 1.29 is 4.79 Å². The van der Waals surface area contributed by atoms with Gasteiger partial charge in [0.25, 0.3) is 0 Å². The van der Waals surface area contributed by atoms with Gasteiger partial charge in [0.05, 0.1) is 5.92 Å². The van der Waals surface area contributed by atoms with Crippen molar-refractivity contribution in [3.05, 3.63) is 12.7 Å². The third-order valence-electron chi connectivity index (χ3n) is 4.50. The normalized spacial score (nSPS) is 25.4. The van der Waals surface area contributed by atoms with Gasteiger partial charge in [-0.15, -0.1) is 6.58 Å². The zero-order valence-corrected chi connectivity index (χ0v) is 12.3. The quantitative estimate of drug-likeness (QED) is 0.562. The Morgan fingerprint density at radius 1 is 1.39 bits per heavy atom. The van der Waals surface area contributed by atoms with Crippen LogP contribution in [0.2, 0.25) is 0 Å². The number of carbonyl (C=O) groups excluding carboxylic acids is 1. The highest BCUT2D eigenvalue weighted by atomic mass is 16.1. The maximum absolute atomic E-state index is 11.8. The van der Waals surface area contributed by atoms with E-state index in [1.54, 1.807) is 6.08 Å². The Labute approximate surface area is 112 Å². The third kappa shape index (κ3) is 4.15. The average molecular weight is 251 g/mol. The summed E-state index contributed by atoms with van der Waals surface area (Å²) in [5.74, 6) is 0.779. The first-order chi connectivity index (χ1) is 8.51. The van der Waals surface area contributed by atoms with Gasteiger partial charge in [-0.05, 0) is 30.6 Å². The van der Waals surface area contributed by atoms with E-state index in [1.165, 1.54) is 25.7 Å². The summed E-state index contributed by atoms with van der Waals surface area (Å²) in [5.41, 5.74) is 0.332. The molecule has 2 nitrogen and oxygen atoms in total. The number of rotatable bonds is 6. The highest BCUT2D eigenvalue weighted by Gasteiger charge is 2.32. The SMILES string of the molecule is C=CC1CCC(C(C)(C)CCCCC)CNC1=O. The Bertz CT molecular complexity index is 283. The molecule has 1 aliphatic rings. The molecular formula is C16H29NO. The van der Waals surface area contributed by atoms with Crippen LogP contribution in [0.1, 0.15) is 59.3 Å². The minimum absolute atomic E-state index is 0.0152. The average Bonchev–Trinajstić information content (AvgIpc) is 2.51. The van der Waals surface area contributed by atoms with Crippen molar-refractivity contribution in [1.82, 2.24) is 5.32 Å². The van der Waals surface area contributed by atoms with Crippen LogP contribution < -0.4 is 5.32 Å². The van der Waals surface area contributed by atoms with Crippen LogP contribution in [0.3, 0.4) is 0 Å². The summed E-state index contributed by atoms with van der Waals surface area (Å²) in [6, 6.07) is 0. The minimum Gasteiger partial charge on any atom is -0.355 e. The van der Waals surface area contributed by atoms with Crippen LogP contribution in [0.25, 0.3) is 0 Å². The Balaban J connectivity index is 2.55. The summed E-state index contributed by atoms with van der Waals surface area (Å²) in [7, 11) is 0. The van der Waals surface area contributed by atoms with Gasteiger partial charge in [0.15, 0.2) is 0 Å². The summed E-state index contributed by atoms with van der Waals surface area (Å²) in [4.78, 5) is 11.8. The van der Waals surface area contributed by atoms with Gasteiger partial charge in [-0.1, -0.05) is 46.1 Å². The summed E-state index contributed by atoms with van der Waals surface area (Å²) in [6.45, 7) is 11.6. The Kier molecular flexibility index (Phi) is 5.90. The molecule has 1 N–H and O–H groups in total. The maximum Gasteiger partial charge on any atom is 0.226 e. The lowest BCUT2D eigenvalue weighted by Crippen LogP contribution is -2.35. The second kappa shape index (κ2) is 6.96. The minimum atomic E-state index is 0.0152. The van der Waals surface area contributed by atoms with Crippen molar-refractivity contribution >= 4 is 5.91 Å². The summed E-state index contributed by atoms with van der Waals surface area (Å²) in [5, 5.41) is 3.08. The summed E-state index contributed by atoms with van der Waals surface area (Å²) in [6.07, 6.45) is 9.04. The van der Waals surface area contributed by atoms with Gasteiger partial charge in [-0.2, -0.15) is 0 Å². The second-order valence-corrected chi connectivity index (χ2v) is 6.31. The molecule has 0 radical (unpaired) electrons. The zero-order valence-electron chi connectivity index (χ0n) is 12.3. The number of amides is 1. The molecule has 1 saturated heterocycles. The van der Waals surface area contributed by atoms with Gasteiger partial charge in [-0.3, -0.25) is 4.79 Å². The van der Waals surface area contributed by atoms with Gasteiger partial charge in [0.1, 0.15) is 0 Å². The van der Waals surface area contributed by atoms with Gasteiger partial charge in [0.2, 0.25) is 5.91 Å². The fraction of sp³-hybridized carbons (Fsp3) is 0.812. The van der Waals surface area contributed by atoms with Crippen molar-refractivity contribution in [2.24, 2.45) is 17.3 Å². The fourth-order valence-electron chi connectivity index (χ4n) is 2.90. The number of hydrogen-bond donors (Lipinski definition) is 1. The maximum atomic E-state index is 11.8. The van der Waals surface area contributed by atoms with Crippen LogP contribution in [0.4, 0.5) is 0 Å². The van der Waals surface area contributed by atoms with Crippen LogP contribution >= 0.6 is 0 Å². The largest absolute Gasteiger partial charge is 0.355 e. The second-order valence-electron chi connectivity index (χ2n) is 6.31. The van der Waals surface area contributed by atoms with Gasteiger partial charge in [0, 0.05) is 6.54 Å². The Morgan fingerprint density at radius 2 is 2.11 bits per heavy atom. The molecule has 0 bridgehead atoms. The molecule has 1 aliphatic heterocycles. The van der Waals surface area contributed by atoms with E-state index in [9.17, 15) is 4.79 Å². The van der Waals surface area contributed by atoms with Crippen molar-refractivity contribution in [2.75, 3.05) is 6.54 Å². The molecule has 0 spiro atoms. The van der Waals surface area contributed by atoms with Gasteiger partial charge >= 0.3 is 0 Å². The summed E-state index contributed by atoms with van der Waals surface area (Å²) < 4.78 is 0. The number of unbranched alkanes of at least 4 members (excludes halogenated alkanes) is 2. The number of nitrogens with one attached hydrogen (secondary N) is 1. The smallest absolute Gasteiger partial charge is 0.226 e. The molecule has 1 fully saturated rings. The monoisotopic (exact) mass is 251 g/mol. The van der Waals surface area contributed by atoms with Crippen molar-refractivity contribution in [3.8, 4) is 0 Å². The molecule has 104 valence electrons. The van der Waals surface area contributed by atoms with Gasteiger partial charge < -0.3 is 5.32 Å². The molecule has 0 aromatic carbocycles. The van der Waals surface area contributed by atoms with Crippen LogP contribution in [-0.2, 0) is 4.79 Å². The highest BCUT2D eigenvalue weighted by molar-refractivity contribution is 5.80. The van der Waals surface area contributed by atoms with E-state index in [1.807, 2.05) is 0 Å². The molecule has 1 heterocycles. The fourth-order valence-corrected chi connectivity index (χ4v) is 2.90. The van der Waals surface area contributed by atoms with E-state index in [2.05, 4.69) is 32.7 Å². The molecule has 2 atom stereocenters. The summed E-state index contributed by atoms with van der Waals surface area (Å²) >= 11 is 0. The lowest BCUT2D eigenvalue weighted by Gasteiger charge is -2.34. The molecule has 2 unspecified atom stereocenters. The van der Waals surface area contributed by atoms with E-state index >= 15 is 0 Å². The van der Waals surface area contributed by atoms with Crippen molar-refractivity contribution in [2.45, 2.75) is 59.3 Å². The van der Waals surface area contributed by atoms with Crippen LogP contribution in [0.15, 0.2) is 12.7 Å². The lowest BCUT2D eigenvalue weighted by molar-refractivity contribution is -0.123. The first kappa shape index (κ1) is 15.3. The van der Waals surface area contributed by atoms with Gasteiger partial charge in [-0.25, -0.2) is 0 Å². The molecule has 0 saturated carbocycles. The predicted molar refractivity (Wildman–Crippen MR) is 77.3 cm³/mol. The van der Waals surface area contributed by atoms with Crippen LogP contribution in [0, 0.1) is 17.3 Å². The first-order valence-electron chi connectivity index (χ1n) is 7.41. The van der Waals surface area contributed by atoms with E-state index in [0.29, 0.717) is 11.3 Å². The molecule has 0 aliphatic carbocycles. The van der Waals surface area contributed by atoms with E-state index in [4.69, 9.17) is 0 Å². The Morgan fingerprint density at radius 3 is 2.72 bits per heavy atom. The van der Waals surface area contributed by atoms with Crippen molar-refractivity contribution in [1.29, 1.82) is 0 Å². The van der Waals surface area contributed by atoms with E-state index < -0.39 is 0 Å². The van der Waals surface area contributed by atoms with Crippen molar-refractivity contribution in [3.63, 3.8) is 0 Å². The predicted octanol–water partition coefficient (Wildman–Crippen LogP) is 3.92. The molecule has 1 rings (SSSR count). The first-order valence-corrected chi connectivity index (χ1v) is 7.41. The molecule has 0 aromatic rings. The lowest BCUT2D eigenvalue weighted by atomic mass is 9.73. The zero-order chi connectivity index (χ0) is 13.6. The molecule has 2 heteroatoms. The topological polar surface area (TPSA) is 29.1 Å².